The number of nitrogens with zero attached hydrogens (tertiary/aromatic N) is 1. The number of nitrogens with one attached hydrogen (secondary N) is 1. The van der Waals surface area contributed by atoms with Crippen molar-refractivity contribution in [1.82, 2.24) is 5.32 Å². The van der Waals surface area contributed by atoms with Crippen molar-refractivity contribution in [2.75, 3.05) is 24.5 Å². The highest BCUT2D eigenvalue weighted by Crippen LogP contribution is 2.28. The molecule has 0 aromatic heterocycles. The molecule has 106 valence electrons. The molecule has 3 heteroatoms. The van der Waals surface area contributed by atoms with Gasteiger partial charge in [0.25, 0.3) is 0 Å². The van der Waals surface area contributed by atoms with Crippen LogP contribution in [-0.4, -0.2) is 19.6 Å². The predicted molar refractivity (Wildman–Crippen MR) is 86.2 cm³/mol. The summed E-state index contributed by atoms with van der Waals surface area (Å²) in [6.45, 7) is 13.0. The minimum atomic E-state index is 0.288. The lowest BCUT2D eigenvalue weighted by atomic mass is 10.1. The second kappa shape index (κ2) is 8.23. The fourth-order valence-corrected chi connectivity index (χ4v) is 2.45. The largest absolute Gasteiger partial charge is 0.368 e. The van der Waals surface area contributed by atoms with Crippen LogP contribution < -0.4 is 10.2 Å². The molecule has 1 atom stereocenters. The molecule has 1 rings (SSSR count). The summed E-state index contributed by atoms with van der Waals surface area (Å²) >= 11 is 6.41. The van der Waals surface area contributed by atoms with Gasteiger partial charge < -0.3 is 10.2 Å². The van der Waals surface area contributed by atoms with Crippen LogP contribution in [0.2, 0.25) is 5.02 Å². The SMILES string of the molecule is C=CCN(CC)c1ccc(C(C)NCCC)c(Cl)c1. The van der Waals surface area contributed by atoms with Crippen LogP contribution in [0.4, 0.5) is 5.69 Å². The Balaban J connectivity index is 2.86. The van der Waals surface area contributed by atoms with E-state index in [1.54, 1.807) is 0 Å². The van der Waals surface area contributed by atoms with E-state index >= 15 is 0 Å². The molecule has 0 amide bonds. The second-order valence-electron chi connectivity index (χ2n) is 4.71. The van der Waals surface area contributed by atoms with E-state index in [9.17, 15) is 0 Å². The molecule has 19 heavy (non-hydrogen) atoms. The summed E-state index contributed by atoms with van der Waals surface area (Å²) in [5, 5.41) is 4.29. The molecule has 1 aromatic carbocycles. The van der Waals surface area contributed by atoms with Crippen LogP contribution in [0.1, 0.15) is 38.8 Å². The Morgan fingerprint density at radius 2 is 2.16 bits per heavy atom. The third kappa shape index (κ3) is 4.55. The number of benzene rings is 1. The molecule has 0 saturated heterocycles. The summed E-state index contributed by atoms with van der Waals surface area (Å²) in [7, 11) is 0. The monoisotopic (exact) mass is 280 g/mol. The van der Waals surface area contributed by atoms with Crippen molar-refractivity contribution in [1.29, 1.82) is 0 Å². The minimum Gasteiger partial charge on any atom is -0.368 e. The van der Waals surface area contributed by atoms with E-state index < -0.39 is 0 Å². The summed E-state index contributed by atoms with van der Waals surface area (Å²) in [4.78, 5) is 2.24. The van der Waals surface area contributed by atoms with Gasteiger partial charge in [0.05, 0.1) is 0 Å². The summed E-state index contributed by atoms with van der Waals surface area (Å²) in [6, 6.07) is 6.60. The quantitative estimate of drug-likeness (QED) is 0.710. The van der Waals surface area contributed by atoms with Crippen molar-refractivity contribution in [2.24, 2.45) is 0 Å². The molecule has 1 aromatic rings. The molecule has 1 N–H and O–H groups in total. The third-order valence-corrected chi connectivity index (χ3v) is 3.57. The molecule has 1 unspecified atom stereocenters. The van der Waals surface area contributed by atoms with Crippen molar-refractivity contribution in [3.63, 3.8) is 0 Å². The first kappa shape index (κ1) is 16.1. The van der Waals surface area contributed by atoms with Gasteiger partial charge in [-0.05, 0) is 44.5 Å². The molecule has 0 heterocycles. The minimum absolute atomic E-state index is 0.288. The van der Waals surface area contributed by atoms with Crippen LogP contribution in [0, 0.1) is 0 Å². The van der Waals surface area contributed by atoms with E-state index in [0.29, 0.717) is 0 Å². The Hall–Kier alpha value is -0.990. The summed E-state index contributed by atoms with van der Waals surface area (Å²) in [6.07, 6.45) is 3.04. The molecule has 0 spiro atoms. The van der Waals surface area contributed by atoms with Crippen LogP contribution in [0.15, 0.2) is 30.9 Å². The van der Waals surface area contributed by atoms with Gasteiger partial charge in [-0.2, -0.15) is 0 Å². The van der Waals surface area contributed by atoms with E-state index in [1.807, 2.05) is 12.1 Å². The Morgan fingerprint density at radius 1 is 1.42 bits per heavy atom. The number of hydrogen-bond donors (Lipinski definition) is 1. The van der Waals surface area contributed by atoms with E-state index in [0.717, 1.165) is 42.3 Å². The molecule has 0 aliphatic heterocycles. The lowest BCUT2D eigenvalue weighted by molar-refractivity contribution is 0.571. The summed E-state index contributed by atoms with van der Waals surface area (Å²) in [5.41, 5.74) is 2.31. The molecule has 0 saturated carbocycles. The highest BCUT2D eigenvalue weighted by Gasteiger charge is 2.11. The van der Waals surface area contributed by atoms with Crippen molar-refractivity contribution in [3.05, 3.63) is 41.4 Å². The van der Waals surface area contributed by atoms with Crippen molar-refractivity contribution < 1.29 is 0 Å². The number of anilines is 1. The first-order valence-corrected chi connectivity index (χ1v) is 7.40. The van der Waals surface area contributed by atoms with Crippen molar-refractivity contribution >= 4 is 17.3 Å². The van der Waals surface area contributed by atoms with Gasteiger partial charge in [0.2, 0.25) is 0 Å². The zero-order valence-corrected chi connectivity index (χ0v) is 13.0. The molecular formula is C16H25ClN2. The van der Waals surface area contributed by atoms with Gasteiger partial charge in [0.1, 0.15) is 0 Å². The second-order valence-corrected chi connectivity index (χ2v) is 5.12. The summed E-state index contributed by atoms with van der Waals surface area (Å²) < 4.78 is 0. The molecule has 0 radical (unpaired) electrons. The summed E-state index contributed by atoms with van der Waals surface area (Å²) in [5.74, 6) is 0. The van der Waals surface area contributed by atoms with Gasteiger partial charge in [-0.3, -0.25) is 0 Å². The molecule has 0 aliphatic carbocycles. The number of hydrogen-bond acceptors (Lipinski definition) is 2. The Bertz CT molecular complexity index is 404. The van der Waals surface area contributed by atoms with Crippen LogP contribution in [-0.2, 0) is 0 Å². The highest BCUT2D eigenvalue weighted by atomic mass is 35.5. The average Bonchev–Trinajstić information content (AvgIpc) is 2.42. The molecule has 0 aliphatic rings. The van der Waals surface area contributed by atoms with Crippen LogP contribution in [0.5, 0.6) is 0 Å². The zero-order chi connectivity index (χ0) is 14.3. The smallest absolute Gasteiger partial charge is 0.0474 e. The Kier molecular flexibility index (Phi) is 6.96. The Labute approximate surface area is 122 Å². The highest BCUT2D eigenvalue weighted by molar-refractivity contribution is 6.31. The van der Waals surface area contributed by atoms with Crippen LogP contribution >= 0.6 is 11.6 Å². The molecule has 2 nitrogen and oxygen atoms in total. The molecule has 0 fully saturated rings. The van der Waals surface area contributed by atoms with Crippen LogP contribution in [0.3, 0.4) is 0 Å². The van der Waals surface area contributed by atoms with Crippen LogP contribution in [0.25, 0.3) is 0 Å². The van der Waals surface area contributed by atoms with E-state index in [2.05, 4.69) is 49.7 Å². The van der Waals surface area contributed by atoms with Crippen molar-refractivity contribution in [3.8, 4) is 0 Å². The standard InChI is InChI=1S/C16H25ClN2/c1-5-10-18-13(4)15-9-8-14(12-16(15)17)19(7-3)11-6-2/h6,8-9,12-13,18H,2,5,7,10-11H2,1,3-4H3. The first-order chi connectivity index (χ1) is 9.13. The zero-order valence-electron chi connectivity index (χ0n) is 12.2. The van der Waals surface area contributed by atoms with Gasteiger partial charge in [-0.25, -0.2) is 0 Å². The fraction of sp³-hybridized carbons (Fsp3) is 0.500. The lowest BCUT2D eigenvalue weighted by Gasteiger charge is -2.23. The van der Waals surface area contributed by atoms with Gasteiger partial charge >= 0.3 is 0 Å². The molecular weight excluding hydrogens is 256 g/mol. The lowest BCUT2D eigenvalue weighted by Crippen LogP contribution is -2.23. The third-order valence-electron chi connectivity index (χ3n) is 3.25. The first-order valence-electron chi connectivity index (χ1n) is 7.02. The van der Waals surface area contributed by atoms with E-state index in [-0.39, 0.29) is 6.04 Å². The Morgan fingerprint density at radius 3 is 2.68 bits per heavy atom. The predicted octanol–water partition coefficient (Wildman–Crippen LogP) is 4.41. The number of rotatable bonds is 8. The van der Waals surface area contributed by atoms with Gasteiger partial charge in [0, 0.05) is 29.8 Å². The molecule has 0 bridgehead atoms. The number of likely N-dealkylation sites (N-methyl/N-ethyl adjacent to an activating group) is 1. The van der Waals surface area contributed by atoms with E-state index in [4.69, 9.17) is 11.6 Å². The maximum atomic E-state index is 6.41. The maximum absolute atomic E-state index is 6.41. The normalized spacial score (nSPS) is 12.2. The van der Waals surface area contributed by atoms with Gasteiger partial charge in [-0.1, -0.05) is 30.7 Å². The van der Waals surface area contributed by atoms with Crippen molar-refractivity contribution in [2.45, 2.75) is 33.2 Å². The van der Waals surface area contributed by atoms with Gasteiger partial charge in [0.15, 0.2) is 0 Å². The van der Waals surface area contributed by atoms with E-state index in [1.165, 1.54) is 0 Å². The fourth-order valence-electron chi connectivity index (χ4n) is 2.11. The van der Waals surface area contributed by atoms with Gasteiger partial charge in [-0.15, -0.1) is 6.58 Å². The topological polar surface area (TPSA) is 15.3 Å². The number of halogens is 1. The maximum Gasteiger partial charge on any atom is 0.0474 e. The average molecular weight is 281 g/mol.